The fraction of sp³-hybridized carbons (Fsp3) is 0.167. The summed E-state index contributed by atoms with van der Waals surface area (Å²) in [6, 6.07) is 18.4. The molecule has 3 aromatic carbocycles. The number of nitrogens with one attached hydrogen (secondary N) is 1. The van der Waals surface area contributed by atoms with E-state index in [1.54, 1.807) is 32.6 Å². The Hall–Kier alpha value is -3.03. The Morgan fingerprint density at radius 2 is 1.66 bits per heavy atom. The zero-order valence-electron chi connectivity index (χ0n) is 17.6. The van der Waals surface area contributed by atoms with Crippen LogP contribution < -0.4 is 19.6 Å². The van der Waals surface area contributed by atoms with E-state index < -0.39 is 0 Å². The molecule has 0 saturated carbocycles. The summed E-state index contributed by atoms with van der Waals surface area (Å²) in [7, 11) is 3.12. The molecule has 0 spiro atoms. The average molecular weight is 518 g/mol. The number of carbonyl (C=O) groups excluding carboxylic acids is 1. The number of ether oxygens (including phenoxy) is 3. The van der Waals surface area contributed by atoms with E-state index in [1.807, 2.05) is 48.5 Å². The summed E-state index contributed by atoms with van der Waals surface area (Å²) in [5.41, 5.74) is 5.15. The van der Waals surface area contributed by atoms with Gasteiger partial charge in [0.05, 0.1) is 31.3 Å². The van der Waals surface area contributed by atoms with Gasteiger partial charge in [0.25, 0.3) is 0 Å². The van der Waals surface area contributed by atoms with E-state index in [2.05, 4.69) is 26.5 Å². The Labute approximate surface area is 200 Å². The molecule has 0 aliphatic heterocycles. The van der Waals surface area contributed by atoms with Gasteiger partial charge in [0.2, 0.25) is 5.91 Å². The van der Waals surface area contributed by atoms with E-state index in [9.17, 15) is 4.79 Å². The Balaban J connectivity index is 1.53. The lowest BCUT2D eigenvalue weighted by Crippen LogP contribution is -2.19. The third-order valence-corrected chi connectivity index (χ3v) is 5.35. The quantitative estimate of drug-likeness (QED) is 0.305. The number of hydrazone groups is 1. The van der Waals surface area contributed by atoms with Crippen LogP contribution in [0.1, 0.15) is 16.7 Å². The third kappa shape index (κ3) is 6.73. The largest absolute Gasteiger partial charge is 0.493 e. The van der Waals surface area contributed by atoms with E-state index in [-0.39, 0.29) is 12.3 Å². The minimum absolute atomic E-state index is 0.166. The highest BCUT2D eigenvalue weighted by Crippen LogP contribution is 2.28. The Morgan fingerprint density at radius 1 is 0.969 bits per heavy atom. The molecule has 8 heteroatoms. The molecule has 32 heavy (non-hydrogen) atoms. The third-order valence-electron chi connectivity index (χ3n) is 4.48. The molecule has 6 nitrogen and oxygen atoms in total. The summed E-state index contributed by atoms with van der Waals surface area (Å²) < 4.78 is 17.1. The van der Waals surface area contributed by atoms with Crippen molar-refractivity contribution in [3.05, 3.63) is 86.8 Å². The Bertz CT molecular complexity index is 1100. The molecule has 0 bridgehead atoms. The lowest BCUT2D eigenvalue weighted by molar-refractivity contribution is -0.120. The van der Waals surface area contributed by atoms with E-state index in [4.69, 9.17) is 25.8 Å². The zero-order chi connectivity index (χ0) is 22.9. The average Bonchev–Trinajstić information content (AvgIpc) is 2.79. The van der Waals surface area contributed by atoms with Gasteiger partial charge in [0.1, 0.15) is 12.4 Å². The number of methoxy groups -OCH3 is 2. The molecular weight excluding hydrogens is 496 g/mol. The number of nitrogens with zero attached hydrogens (tertiary/aromatic N) is 1. The van der Waals surface area contributed by atoms with Crippen LogP contribution in [-0.4, -0.2) is 26.3 Å². The van der Waals surface area contributed by atoms with Crippen LogP contribution in [0.25, 0.3) is 0 Å². The van der Waals surface area contributed by atoms with Crippen molar-refractivity contribution in [2.75, 3.05) is 14.2 Å². The second-order valence-corrected chi connectivity index (χ2v) is 8.06. The first-order valence-corrected chi connectivity index (χ1v) is 10.8. The number of amides is 1. The maximum absolute atomic E-state index is 12.2. The van der Waals surface area contributed by atoms with Crippen molar-refractivity contribution in [1.82, 2.24) is 5.43 Å². The predicted octanol–water partition coefficient (Wildman–Crippen LogP) is 5.39. The van der Waals surface area contributed by atoms with Crippen molar-refractivity contribution >= 4 is 39.7 Å². The van der Waals surface area contributed by atoms with Gasteiger partial charge in [0, 0.05) is 5.02 Å². The summed E-state index contributed by atoms with van der Waals surface area (Å²) in [4.78, 5) is 12.2. The van der Waals surface area contributed by atoms with Gasteiger partial charge in [-0.05, 0) is 75.1 Å². The van der Waals surface area contributed by atoms with Crippen molar-refractivity contribution in [3.8, 4) is 17.2 Å². The number of hydrogen-bond donors (Lipinski definition) is 1. The van der Waals surface area contributed by atoms with Gasteiger partial charge in [-0.3, -0.25) is 4.79 Å². The lowest BCUT2D eigenvalue weighted by Gasteiger charge is -2.09. The molecule has 0 aromatic heterocycles. The summed E-state index contributed by atoms with van der Waals surface area (Å²) in [5, 5.41) is 4.72. The first-order chi connectivity index (χ1) is 15.5. The molecule has 166 valence electrons. The predicted molar refractivity (Wildman–Crippen MR) is 129 cm³/mol. The van der Waals surface area contributed by atoms with Crippen LogP contribution in [0.4, 0.5) is 0 Å². The summed E-state index contributed by atoms with van der Waals surface area (Å²) in [5.74, 6) is 1.65. The fourth-order valence-electron chi connectivity index (χ4n) is 2.85. The molecule has 3 rings (SSSR count). The summed E-state index contributed by atoms with van der Waals surface area (Å²) >= 11 is 9.41. The lowest BCUT2D eigenvalue weighted by atomic mass is 10.1. The standard InChI is InChI=1S/C24H22BrClN2O4/c1-30-22-10-5-17(12-23(22)31-2)13-24(29)28-27-14-18-6-9-21(20(25)11-18)32-15-16-3-7-19(26)8-4-16/h3-12,14H,13,15H2,1-2H3,(H,28,29)/b27-14+. The van der Waals surface area contributed by atoms with Crippen molar-refractivity contribution in [2.45, 2.75) is 13.0 Å². The van der Waals surface area contributed by atoms with Gasteiger partial charge in [-0.1, -0.05) is 29.8 Å². The van der Waals surface area contributed by atoms with Crippen LogP contribution >= 0.6 is 27.5 Å². The van der Waals surface area contributed by atoms with Crippen molar-refractivity contribution in [2.24, 2.45) is 5.10 Å². The topological polar surface area (TPSA) is 69.2 Å². The molecule has 0 radical (unpaired) electrons. The first-order valence-electron chi connectivity index (χ1n) is 9.68. The highest BCUT2D eigenvalue weighted by atomic mass is 79.9. The van der Waals surface area contributed by atoms with E-state index in [1.165, 1.54) is 0 Å². The fourth-order valence-corrected chi connectivity index (χ4v) is 3.49. The van der Waals surface area contributed by atoms with Crippen molar-refractivity contribution in [3.63, 3.8) is 0 Å². The van der Waals surface area contributed by atoms with Crippen molar-refractivity contribution < 1.29 is 19.0 Å². The number of rotatable bonds is 9. The van der Waals surface area contributed by atoms with Gasteiger partial charge in [-0.2, -0.15) is 5.10 Å². The van der Waals surface area contributed by atoms with Crippen LogP contribution in [0, 0.1) is 0 Å². The second kappa shape index (κ2) is 11.5. The van der Waals surface area contributed by atoms with Crippen LogP contribution in [0.15, 0.2) is 70.2 Å². The minimum Gasteiger partial charge on any atom is -0.493 e. The molecule has 0 unspecified atom stereocenters. The van der Waals surface area contributed by atoms with Gasteiger partial charge in [0.15, 0.2) is 11.5 Å². The number of carbonyl (C=O) groups is 1. The molecule has 0 fully saturated rings. The van der Waals surface area contributed by atoms with Gasteiger partial charge in [-0.15, -0.1) is 0 Å². The molecule has 1 amide bonds. The van der Waals surface area contributed by atoms with Gasteiger partial charge >= 0.3 is 0 Å². The van der Waals surface area contributed by atoms with Crippen molar-refractivity contribution in [1.29, 1.82) is 0 Å². The highest BCUT2D eigenvalue weighted by Gasteiger charge is 2.08. The van der Waals surface area contributed by atoms with Crippen LogP contribution in [0.5, 0.6) is 17.2 Å². The van der Waals surface area contributed by atoms with Crippen LogP contribution in [-0.2, 0) is 17.8 Å². The summed E-state index contributed by atoms with van der Waals surface area (Å²) in [6.45, 7) is 0.426. The monoisotopic (exact) mass is 516 g/mol. The molecule has 0 atom stereocenters. The maximum Gasteiger partial charge on any atom is 0.244 e. The number of halogens is 2. The SMILES string of the molecule is COc1ccc(CC(=O)N/N=C/c2ccc(OCc3ccc(Cl)cc3)c(Br)c2)cc1OC. The molecule has 0 saturated heterocycles. The molecule has 3 aromatic rings. The highest BCUT2D eigenvalue weighted by molar-refractivity contribution is 9.10. The molecule has 0 aliphatic carbocycles. The molecule has 1 N–H and O–H groups in total. The van der Waals surface area contributed by atoms with E-state index in [0.29, 0.717) is 28.9 Å². The smallest absolute Gasteiger partial charge is 0.244 e. The second-order valence-electron chi connectivity index (χ2n) is 6.76. The zero-order valence-corrected chi connectivity index (χ0v) is 19.9. The minimum atomic E-state index is -0.240. The number of hydrogen-bond acceptors (Lipinski definition) is 5. The maximum atomic E-state index is 12.2. The first kappa shape index (κ1) is 23.6. The molecule has 0 aliphatic rings. The van der Waals surface area contributed by atoms with E-state index in [0.717, 1.165) is 21.2 Å². The van der Waals surface area contributed by atoms with Gasteiger partial charge < -0.3 is 14.2 Å². The van der Waals surface area contributed by atoms with Gasteiger partial charge in [-0.25, -0.2) is 5.43 Å². The normalized spacial score (nSPS) is 10.8. The Morgan fingerprint density at radius 3 is 2.34 bits per heavy atom. The molecular formula is C24H22BrClN2O4. The Kier molecular flexibility index (Phi) is 8.53. The summed E-state index contributed by atoms with van der Waals surface area (Å²) in [6.07, 6.45) is 1.74. The van der Waals surface area contributed by atoms with Crippen LogP contribution in [0.3, 0.4) is 0 Å². The van der Waals surface area contributed by atoms with E-state index >= 15 is 0 Å². The molecule has 0 heterocycles. The van der Waals surface area contributed by atoms with Crippen LogP contribution in [0.2, 0.25) is 5.02 Å². The number of benzene rings is 3.